The van der Waals surface area contributed by atoms with E-state index in [0.29, 0.717) is 12.6 Å². The van der Waals surface area contributed by atoms with Gasteiger partial charge in [-0.05, 0) is 49.9 Å². The van der Waals surface area contributed by atoms with Crippen molar-refractivity contribution in [1.29, 1.82) is 0 Å². The topological polar surface area (TPSA) is 29.3 Å². The molecular weight excluding hydrogens is 232 g/mol. The smallest absolute Gasteiger partial charge is 0.0475 e. The molecule has 0 heterocycles. The summed E-state index contributed by atoms with van der Waals surface area (Å²) in [6.45, 7) is 14.2. The van der Waals surface area contributed by atoms with Crippen LogP contribution in [0, 0.1) is 19.3 Å². The minimum absolute atomic E-state index is 0.249. The van der Waals surface area contributed by atoms with Gasteiger partial charge in [-0.2, -0.15) is 0 Å². The normalized spacial score (nSPS) is 15.6. The molecule has 0 radical (unpaired) electrons. The van der Waals surface area contributed by atoms with Crippen molar-refractivity contribution in [1.82, 2.24) is 4.90 Å². The molecule has 1 rings (SSSR count). The molecule has 1 aromatic carbocycles. The summed E-state index contributed by atoms with van der Waals surface area (Å²) in [7, 11) is 2.19. The Morgan fingerprint density at radius 3 is 2.00 bits per heavy atom. The fraction of sp³-hybridized carbons (Fsp3) is 0.647. The molecule has 0 aromatic heterocycles. The second-order valence-corrected chi connectivity index (χ2v) is 6.76. The first-order valence-corrected chi connectivity index (χ1v) is 7.18. The third-order valence-electron chi connectivity index (χ3n) is 4.45. The number of nitrogens with zero attached hydrogens (tertiary/aromatic N) is 1. The lowest BCUT2D eigenvalue weighted by Gasteiger charge is -2.41. The third-order valence-corrected chi connectivity index (χ3v) is 4.45. The molecule has 2 unspecified atom stereocenters. The van der Waals surface area contributed by atoms with Crippen molar-refractivity contribution < 1.29 is 0 Å². The van der Waals surface area contributed by atoms with E-state index in [4.69, 9.17) is 5.73 Å². The maximum atomic E-state index is 6.08. The van der Waals surface area contributed by atoms with Crippen molar-refractivity contribution in [2.75, 3.05) is 13.6 Å². The predicted octanol–water partition coefficient (Wildman–Crippen LogP) is 3.67. The molecule has 0 spiro atoms. The molecule has 0 aliphatic heterocycles. The number of likely N-dealkylation sites (N-methyl/N-ethyl adjacent to an activating group) is 1. The second-order valence-electron chi connectivity index (χ2n) is 6.76. The Hall–Kier alpha value is -0.860. The van der Waals surface area contributed by atoms with Crippen LogP contribution in [0.2, 0.25) is 0 Å². The van der Waals surface area contributed by atoms with Gasteiger partial charge in [0.25, 0.3) is 0 Å². The molecule has 108 valence electrons. The number of rotatable bonds is 4. The van der Waals surface area contributed by atoms with Crippen molar-refractivity contribution in [3.8, 4) is 0 Å². The maximum absolute atomic E-state index is 6.08. The first-order valence-electron chi connectivity index (χ1n) is 7.18. The van der Waals surface area contributed by atoms with Crippen LogP contribution in [0.5, 0.6) is 0 Å². The molecule has 0 saturated carbocycles. The number of nitrogens with two attached hydrogens (primary N) is 1. The average Bonchev–Trinajstić information content (AvgIpc) is 2.31. The van der Waals surface area contributed by atoms with E-state index in [1.807, 2.05) is 0 Å². The molecular formula is C17H30N2. The van der Waals surface area contributed by atoms with E-state index < -0.39 is 0 Å². The van der Waals surface area contributed by atoms with Crippen LogP contribution in [-0.4, -0.2) is 24.5 Å². The monoisotopic (exact) mass is 262 g/mol. The second kappa shape index (κ2) is 6.06. The van der Waals surface area contributed by atoms with E-state index >= 15 is 0 Å². The molecule has 0 aliphatic carbocycles. The quantitative estimate of drug-likeness (QED) is 0.897. The van der Waals surface area contributed by atoms with Gasteiger partial charge in [0.2, 0.25) is 0 Å². The van der Waals surface area contributed by atoms with Crippen molar-refractivity contribution in [2.45, 2.75) is 53.6 Å². The third kappa shape index (κ3) is 3.58. The van der Waals surface area contributed by atoms with Gasteiger partial charge in [0.05, 0.1) is 0 Å². The Bertz CT molecular complexity index is 398. The lowest BCUT2D eigenvalue weighted by molar-refractivity contribution is 0.0995. The number of hydrogen-bond donors (Lipinski definition) is 1. The Labute approximate surface area is 119 Å². The molecule has 2 N–H and O–H groups in total. The van der Waals surface area contributed by atoms with E-state index in [0.717, 1.165) is 0 Å². The molecule has 2 atom stereocenters. The Morgan fingerprint density at radius 1 is 1.16 bits per heavy atom. The fourth-order valence-electron chi connectivity index (χ4n) is 2.72. The van der Waals surface area contributed by atoms with E-state index in [2.05, 4.69) is 71.7 Å². The highest BCUT2D eigenvalue weighted by molar-refractivity contribution is 5.36. The molecule has 2 nitrogen and oxygen atoms in total. The van der Waals surface area contributed by atoms with Gasteiger partial charge in [0.1, 0.15) is 0 Å². The molecule has 0 fully saturated rings. The van der Waals surface area contributed by atoms with E-state index in [1.54, 1.807) is 0 Å². The highest BCUT2D eigenvalue weighted by Gasteiger charge is 2.29. The zero-order valence-corrected chi connectivity index (χ0v) is 13.6. The van der Waals surface area contributed by atoms with Crippen LogP contribution in [0.25, 0.3) is 0 Å². The number of aryl methyl sites for hydroxylation is 2. The molecule has 0 aliphatic rings. The Balaban J connectivity index is 3.14. The van der Waals surface area contributed by atoms with E-state index in [1.165, 1.54) is 16.7 Å². The molecule has 0 amide bonds. The van der Waals surface area contributed by atoms with Gasteiger partial charge in [0, 0.05) is 18.6 Å². The molecule has 1 aromatic rings. The predicted molar refractivity (Wildman–Crippen MR) is 84.4 cm³/mol. The average molecular weight is 262 g/mol. The summed E-state index contributed by atoms with van der Waals surface area (Å²) >= 11 is 0. The van der Waals surface area contributed by atoms with E-state index in [-0.39, 0.29) is 11.5 Å². The standard InChI is InChI=1S/C17H30N2/c1-12-9-8-10-13(2)16(12)15(11-18)19(7)14(3)17(4,5)6/h8-10,14-15H,11,18H2,1-7H3. The minimum atomic E-state index is 0.249. The SMILES string of the molecule is Cc1cccc(C)c1C(CN)N(C)C(C)C(C)(C)C. The molecule has 0 saturated heterocycles. The zero-order valence-electron chi connectivity index (χ0n) is 13.6. The van der Waals surface area contributed by atoms with Gasteiger partial charge < -0.3 is 5.73 Å². The summed E-state index contributed by atoms with van der Waals surface area (Å²) < 4.78 is 0. The van der Waals surface area contributed by atoms with Gasteiger partial charge in [-0.25, -0.2) is 0 Å². The van der Waals surface area contributed by atoms with Crippen LogP contribution in [0.15, 0.2) is 18.2 Å². The van der Waals surface area contributed by atoms with E-state index in [9.17, 15) is 0 Å². The first-order chi connectivity index (χ1) is 8.70. The van der Waals surface area contributed by atoms with Crippen LogP contribution in [0.1, 0.15) is 50.4 Å². The number of hydrogen-bond acceptors (Lipinski definition) is 2. The van der Waals surface area contributed by atoms with Crippen LogP contribution in [0.3, 0.4) is 0 Å². The largest absolute Gasteiger partial charge is 0.329 e. The fourth-order valence-corrected chi connectivity index (χ4v) is 2.72. The van der Waals surface area contributed by atoms with Crippen LogP contribution in [-0.2, 0) is 0 Å². The van der Waals surface area contributed by atoms with Crippen LogP contribution >= 0.6 is 0 Å². The lowest BCUT2D eigenvalue weighted by Crippen LogP contribution is -2.44. The maximum Gasteiger partial charge on any atom is 0.0475 e. The summed E-state index contributed by atoms with van der Waals surface area (Å²) in [5.41, 5.74) is 10.4. The highest BCUT2D eigenvalue weighted by Crippen LogP contribution is 2.32. The van der Waals surface area contributed by atoms with Gasteiger partial charge in [0.15, 0.2) is 0 Å². The lowest BCUT2D eigenvalue weighted by atomic mass is 9.85. The molecule has 0 bridgehead atoms. The zero-order chi connectivity index (χ0) is 14.8. The van der Waals surface area contributed by atoms with Crippen molar-refractivity contribution in [3.63, 3.8) is 0 Å². The van der Waals surface area contributed by atoms with Gasteiger partial charge in [-0.15, -0.1) is 0 Å². The van der Waals surface area contributed by atoms with Crippen LogP contribution < -0.4 is 5.73 Å². The minimum Gasteiger partial charge on any atom is -0.329 e. The van der Waals surface area contributed by atoms with Gasteiger partial charge >= 0.3 is 0 Å². The molecule has 2 heteroatoms. The van der Waals surface area contributed by atoms with Gasteiger partial charge in [-0.3, -0.25) is 4.90 Å². The van der Waals surface area contributed by atoms with Gasteiger partial charge in [-0.1, -0.05) is 39.0 Å². The van der Waals surface area contributed by atoms with Crippen molar-refractivity contribution in [3.05, 3.63) is 34.9 Å². The van der Waals surface area contributed by atoms with Crippen LogP contribution in [0.4, 0.5) is 0 Å². The summed E-state index contributed by atoms with van der Waals surface area (Å²) in [6, 6.07) is 7.24. The number of benzene rings is 1. The summed E-state index contributed by atoms with van der Waals surface area (Å²) in [4.78, 5) is 2.43. The summed E-state index contributed by atoms with van der Waals surface area (Å²) in [6.07, 6.45) is 0. The molecule has 19 heavy (non-hydrogen) atoms. The first kappa shape index (κ1) is 16.2. The Morgan fingerprint density at radius 2 is 1.63 bits per heavy atom. The van der Waals surface area contributed by atoms with Crippen molar-refractivity contribution in [2.24, 2.45) is 11.1 Å². The Kier molecular flexibility index (Phi) is 5.17. The summed E-state index contributed by atoms with van der Waals surface area (Å²) in [5.74, 6) is 0. The summed E-state index contributed by atoms with van der Waals surface area (Å²) in [5, 5.41) is 0. The van der Waals surface area contributed by atoms with Crippen molar-refractivity contribution >= 4 is 0 Å². The highest BCUT2D eigenvalue weighted by atomic mass is 15.2.